The zero-order valence-corrected chi connectivity index (χ0v) is 9.90. The normalized spacial score (nSPS) is 22.5. The fourth-order valence-electron chi connectivity index (χ4n) is 1.94. The van der Waals surface area contributed by atoms with Gasteiger partial charge in [0.25, 0.3) is 0 Å². The summed E-state index contributed by atoms with van der Waals surface area (Å²) < 4.78 is 10.5. The first-order chi connectivity index (χ1) is 7.79. The van der Waals surface area contributed by atoms with Crippen molar-refractivity contribution in [1.82, 2.24) is 15.5 Å². The Hall–Kier alpha value is -0.940. The van der Waals surface area contributed by atoms with Gasteiger partial charge in [0.15, 0.2) is 5.82 Å². The minimum absolute atomic E-state index is 0.326. The lowest BCUT2D eigenvalue weighted by molar-refractivity contribution is 0.192. The SMILES string of the molecule is CCNC(C)Cc1nc(C2CCOC2)no1. The first-order valence-electron chi connectivity index (χ1n) is 5.93. The summed E-state index contributed by atoms with van der Waals surface area (Å²) in [5.74, 6) is 1.85. The molecule has 0 aliphatic carbocycles. The van der Waals surface area contributed by atoms with Crippen molar-refractivity contribution in [3.05, 3.63) is 11.7 Å². The van der Waals surface area contributed by atoms with Crippen molar-refractivity contribution in [2.45, 2.75) is 38.6 Å². The van der Waals surface area contributed by atoms with Gasteiger partial charge in [-0.2, -0.15) is 4.98 Å². The van der Waals surface area contributed by atoms with Crippen LogP contribution in [0.3, 0.4) is 0 Å². The molecule has 5 heteroatoms. The van der Waals surface area contributed by atoms with Crippen LogP contribution in [0.1, 0.15) is 37.9 Å². The van der Waals surface area contributed by atoms with E-state index in [-0.39, 0.29) is 0 Å². The van der Waals surface area contributed by atoms with Crippen molar-refractivity contribution in [1.29, 1.82) is 0 Å². The topological polar surface area (TPSA) is 60.2 Å². The summed E-state index contributed by atoms with van der Waals surface area (Å²) in [6.45, 7) is 6.69. The van der Waals surface area contributed by atoms with Crippen LogP contribution >= 0.6 is 0 Å². The molecular weight excluding hydrogens is 206 g/mol. The van der Waals surface area contributed by atoms with Crippen LogP contribution in [-0.4, -0.2) is 35.9 Å². The van der Waals surface area contributed by atoms with Gasteiger partial charge < -0.3 is 14.6 Å². The molecule has 1 saturated heterocycles. The zero-order valence-electron chi connectivity index (χ0n) is 9.90. The van der Waals surface area contributed by atoms with E-state index < -0.39 is 0 Å². The zero-order chi connectivity index (χ0) is 11.4. The number of likely N-dealkylation sites (N-methyl/N-ethyl adjacent to an activating group) is 1. The standard InChI is InChI=1S/C11H19N3O2/c1-3-12-8(2)6-10-13-11(14-16-10)9-4-5-15-7-9/h8-9,12H,3-7H2,1-2H3. The maximum absolute atomic E-state index is 5.31. The molecule has 0 saturated carbocycles. The number of aromatic nitrogens is 2. The molecule has 5 nitrogen and oxygen atoms in total. The Morgan fingerprint density at radius 3 is 3.12 bits per heavy atom. The van der Waals surface area contributed by atoms with Crippen LogP contribution in [0.4, 0.5) is 0 Å². The van der Waals surface area contributed by atoms with Crippen LogP contribution in [0.15, 0.2) is 4.52 Å². The Balaban J connectivity index is 1.91. The average Bonchev–Trinajstić information content (AvgIpc) is 2.86. The lowest BCUT2D eigenvalue weighted by atomic mass is 10.1. The molecule has 2 heterocycles. The Labute approximate surface area is 95.6 Å². The summed E-state index contributed by atoms with van der Waals surface area (Å²) >= 11 is 0. The molecule has 90 valence electrons. The maximum atomic E-state index is 5.31. The third-order valence-corrected chi connectivity index (χ3v) is 2.81. The van der Waals surface area contributed by atoms with Crippen molar-refractivity contribution in [3.63, 3.8) is 0 Å². The molecule has 1 aromatic heterocycles. The van der Waals surface area contributed by atoms with E-state index in [4.69, 9.17) is 9.26 Å². The molecule has 0 radical (unpaired) electrons. The van der Waals surface area contributed by atoms with Crippen LogP contribution in [0.2, 0.25) is 0 Å². The van der Waals surface area contributed by atoms with Gasteiger partial charge in [-0.15, -0.1) is 0 Å². The molecule has 2 atom stereocenters. The molecule has 0 amide bonds. The van der Waals surface area contributed by atoms with E-state index in [1.807, 2.05) is 0 Å². The van der Waals surface area contributed by atoms with Crippen LogP contribution in [0.25, 0.3) is 0 Å². The molecule has 1 fully saturated rings. The second-order valence-corrected chi connectivity index (χ2v) is 4.27. The van der Waals surface area contributed by atoms with Gasteiger partial charge >= 0.3 is 0 Å². The molecular formula is C11H19N3O2. The number of nitrogens with one attached hydrogen (secondary N) is 1. The Kier molecular flexibility index (Phi) is 3.90. The Bertz CT molecular complexity index is 321. The summed E-state index contributed by atoms with van der Waals surface area (Å²) in [5.41, 5.74) is 0. The smallest absolute Gasteiger partial charge is 0.228 e. The van der Waals surface area contributed by atoms with Gasteiger partial charge in [-0.05, 0) is 19.9 Å². The highest BCUT2D eigenvalue weighted by Gasteiger charge is 2.23. The summed E-state index contributed by atoms with van der Waals surface area (Å²) in [5, 5.41) is 7.34. The molecule has 1 aliphatic rings. The average molecular weight is 225 g/mol. The van der Waals surface area contributed by atoms with Gasteiger partial charge in [-0.1, -0.05) is 12.1 Å². The third kappa shape index (κ3) is 2.80. The third-order valence-electron chi connectivity index (χ3n) is 2.81. The van der Waals surface area contributed by atoms with Gasteiger partial charge in [0, 0.05) is 25.0 Å². The van der Waals surface area contributed by atoms with E-state index in [9.17, 15) is 0 Å². The number of hydrogen-bond acceptors (Lipinski definition) is 5. The Morgan fingerprint density at radius 1 is 1.56 bits per heavy atom. The summed E-state index contributed by atoms with van der Waals surface area (Å²) in [6, 6.07) is 0.373. The second-order valence-electron chi connectivity index (χ2n) is 4.27. The van der Waals surface area contributed by atoms with E-state index in [1.54, 1.807) is 0 Å². The molecule has 1 N–H and O–H groups in total. The molecule has 2 rings (SSSR count). The van der Waals surface area contributed by atoms with Gasteiger partial charge in [-0.25, -0.2) is 0 Å². The predicted molar refractivity (Wildman–Crippen MR) is 59.3 cm³/mol. The first kappa shape index (κ1) is 11.5. The van der Waals surface area contributed by atoms with Gasteiger partial charge in [0.1, 0.15) is 0 Å². The minimum Gasteiger partial charge on any atom is -0.381 e. The highest BCUT2D eigenvalue weighted by Crippen LogP contribution is 2.22. The summed E-state index contributed by atoms with van der Waals surface area (Å²) in [4.78, 5) is 4.42. The minimum atomic E-state index is 0.326. The van der Waals surface area contributed by atoms with E-state index >= 15 is 0 Å². The van der Waals surface area contributed by atoms with Gasteiger partial charge in [0.05, 0.1) is 6.61 Å². The van der Waals surface area contributed by atoms with Crippen molar-refractivity contribution in [3.8, 4) is 0 Å². The molecule has 16 heavy (non-hydrogen) atoms. The van der Waals surface area contributed by atoms with Crippen molar-refractivity contribution < 1.29 is 9.26 Å². The summed E-state index contributed by atoms with van der Waals surface area (Å²) in [6.07, 6.45) is 1.79. The fourth-order valence-corrected chi connectivity index (χ4v) is 1.94. The van der Waals surface area contributed by atoms with Gasteiger partial charge in [-0.3, -0.25) is 0 Å². The van der Waals surface area contributed by atoms with E-state index in [2.05, 4.69) is 29.3 Å². The number of ether oxygens (including phenoxy) is 1. The van der Waals surface area contributed by atoms with Gasteiger partial charge in [0.2, 0.25) is 5.89 Å². The van der Waals surface area contributed by atoms with Crippen LogP contribution < -0.4 is 5.32 Å². The summed E-state index contributed by atoms with van der Waals surface area (Å²) in [7, 11) is 0. The first-order valence-corrected chi connectivity index (χ1v) is 5.93. The maximum Gasteiger partial charge on any atom is 0.228 e. The molecule has 0 spiro atoms. The second kappa shape index (κ2) is 5.41. The fraction of sp³-hybridized carbons (Fsp3) is 0.818. The highest BCUT2D eigenvalue weighted by molar-refractivity contribution is 4.98. The highest BCUT2D eigenvalue weighted by atomic mass is 16.5. The molecule has 2 unspecified atom stereocenters. The lowest BCUT2D eigenvalue weighted by Crippen LogP contribution is -2.27. The van der Waals surface area contributed by atoms with E-state index in [0.29, 0.717) is 12.0 Å². The van der Waals surface area contributed by atoms with E-state index in [1.165, 1.54) is 0 Å². The monoisotopic (exact) mass is 225 g/mol. The van der Waals surface area contributed by atoms with Crippen LogP contribution in [-0.2, 0) is 11.2 Å². The van der Waals surface area contributed by atoms with Crippen LogP contribution in [0.5, 0.6) is 0 Å². The lowest BCUT2D eigenvalue weighted by Gasteiger charge is -2.07. The van der Waals surface area contributed by atoms with Crippen molar-refractivity contribution in [2.24, 2.45) is 0 Å². The number of nitrogens with zero attached hydrogens (tertiary/aromatic N) is 2. The molecule has 1 aromatic rings. The van der Waals surface area contributed by atoms with Crippen molar-refractivity contribution in [2.75, 3.05) is 19.8 Å². The quantitative estimate of drug-likeness (QED) is 0.813. The molecule has 0 aromatic carbocycles. The molecule has 1 aliphatic heterocycles. The number of hydrogen-bond donors (Lipinski definition) is 1. The van der Waals surface area contributed by atoms with Crippen molar-refractivity contribution >= 4 is 0 Å². The molecule has 0 bridgehead atoms. The van der Waals surface area contributed by atoms with Crippen LogP contribution in [0, 0.1) is 0 Å². The Morgan fingerprint density at radius 2 is 2.44 bits per heavy atom. The number of rotatable bonds is 5. The van der Waals surface area contributed by atoms with E-state index in [0.717, 1.165) is 44.3 Å². The largest absolute Gasteiger partial charge is 0.381 e. The predicted octanol–water partition coefficient (Wildman–Crippen LogP) is 1.11.